The Balaban J connectivity index is 1.80. The van der Waals surface area contributed by atoms with Crippen molar-refractivity contribution >= 4 is 0 Å². The summed E-state index contributed by atoms with van der Waals surface area (Å²) >= 11 is 0. The van der Waals surface area contributed by atoms with E-state index < -0.39 is 11.7 Å². The van der Waals surface area contributed by atoms with E-state index in [0.717, 1.165) is 74.8 Å². The molecule has 0 saturated heterocycles. The molecule has 0 bridgehead atoms. The smallest absolute Gasteiger partial charge is 0.326 e. The van der Waals surface area contributed by atoms with Crippen LogP contribution in [0.5, 0.6) is 0 Å². The van der Waals surface area contributed by atoms with E-state index in [-0.39, 0.29) is 11.5 Å². The van der Waals surface area contributed by atoms with Gasteiger partial charge < -0.3 is 4.57 Å². The Bertz CT molecular complexity index is 1160. The molecule has 3 aromatic rings. The Morgan fingerprint density at radius 1 is 1.00 bits per heavy atom. The van der Waals surface area contributed by atoms with Crippen molar-refractivity contribution < 1.29 is 13.2 Å². The van der Waals surface area contributed by atoms with Gasteiger partial charge in [0.05, 0.1) is 23.0 Å². The second-order valence-corrected chi connectivity index (χ2v) is 11.2. The standard InChI is InChI=1S/C31H40F3N3/c1-5-7-17-36(22-23-13-12-16-25(19-23)31(32,33)34)27-21-30(3,4)20-26-28(27)37(18-8-6-2)29(35-26)24-14-10-9-11-15-24/h9-16,19,27H,5-8,17-18,20-22H2,1-4H3. The summed E-state index contributed by atoms with van der Waals surface area (Å²) in [6.45, 7) is 11.2. The molecule has 2 aromatic carbocycles. The number of unbranched alkanes of at least 4 members (excludes halogenated alkanes) is 2. The van der Waals surface area contributed by atoms with E-state index >= 15 is 0 Å². The Kier molecular flexibility index (Phi) is 8.47. The highest BCUT2D eigenvalue weighted by atomic mass is 19.4. The molecule has 1 aliphatic rings. The maximum Gasteiger partial charge on any atom is 0.416 e. The zero-order valence-corrected chi connectivity index (χ0v) is 22.6. The van der Waals surface area contributed by atoms with Gasteiger partial charge in [-0.3, -0.25) is 4.90 Å². The zero-order valence-electron chi connectivity index (χ0n) is 22.6. The van der Waals surface area contributed by atoms with Gasteiger partial charge in [-0.05, 0) is 49.3 Å². The molecule has 3 nitrogen and oxygen atoms in total. The molecule has 0 fully saturated rings. The van der Waals surface area contributed by atoms with E-state index in [2.05, 4.69) is 61.4 Å². The van der Waals surface area contributed by atoms with Gasteiger partial charge in [0.2, 0.25) is 0 Å². The molecule has 200 valence electrons. The molecule has 1 unspecified atom stereocenters. The molecule has 37 heavy (non-hydrogen) atoms. The Hall–Kier alpha value is -2.60. The molecule has 0 N–H and O–H groups in total. The average Bonchev–Trinajstić information content (AvgIpc) is 3.22. The monoisotopic (exact) mass is 511 g/mol. The molecule has 0 saturated carbocycles. The first-order valence-corrected chi connectivity index (χ1v) is 13.7. The molecule has 1 aliphatic carbocycles. The lowest BCUT2D eigenvalue weighted by Gasteiger charge is -2.41. The predicted octanol–water partition coefficient (Wildman–Crippen LogP) is 8.68. The van der Waals surface area contributed by atoms with E-state index in [9.17, 15) is 13.2 Å². The summed E-state index contributed by atoms with van der Waals surface area (Å²) in [7, 11) is 0. The summed E-state index contributed by atoms with van der Waals surface area (Å²) in [5.74, 6) is 1.01. The van der Waals surface area contributed by atoms with Crippen LogP contribution in [0.3, 0.4) is 0 Å². The van der Waals surface area contributed by atoms with E-state index in [4.69, 9.17) is 4.98 Å². The summed E-state index contributed by atoms with van der Waals surface area (Å²) < 4.78 is 42.8. The highest BCUT2D eigenvalue weighted by Crippen LogP contribution is 2.45. The topological polar surface area (TPSA) is 21.1 Å². The molecule has 1 atom stereocenters. The van der Waals surface area contributed by atoms with Crippen LogP contribution < -0.4 is 0 Å². The van der Waals surface area contributed by atoms with Crippen molar-refractivity contribution in [3.8, 4) is 11.4 Å². The van der Waals surface area contributed by atoms with Gasteiger partial charge in [0.1, 0.15) is 5.82 Å². The van der Waals surface area contributed by atoms with Crippen LogP contribution in [-0.2, 0) is 25.7 Å². The predicted molar refractivity (Wildman–Crippen MR) is 144 cm³/mol. The van der Waals surface area contributed by atoms with Gasteiger partial charge in [-0.25, -0.2) is 4.98 Å². The normalized spacial score (nSPS) is 17.2. The van der Waals surface area contributed by atoms with Crippen LogP contribution in [0.1, 0.15) is 88.4 Å². The van der Waals surface area contributed by atoms with Crippen molar-refractivity contribution in [2.45, 2.75) is 91.5 Å². The average molecular weight is 512 g/mol. The molecule has 0 radical (unpaired) electrons. The Labute approximate surface area is 219 Å². The number of halogens is 3. The number of imidazole rings is 1. The zero-order chi connectivity index (χ0) is 26.6. The van der Waals surface area contributed by atoms with Crippen molar-refractivity contribution in [1.29, 1.82) is 0 Å². The number of fused-ring (bicyclic) bond motifs is 1. The lowest BCUT2D eigenvalue weighted by molar-refractivity contribution is -0.137. The minimum Gasteiger partial charge on any atom is -0.326 e. The highest BCUT2D eigenvalue weighted by Gasteiger charge is 2.40. The maximum atomic E-state index is 13.5. The van der Waals surface area contributed by atoms with Crippen molar-refractivity contribution in [1.82, 2.24) is 14.5 Å². The third kappa shape index (κ3) is 6.46. The van der Waals surface area contributed by atoms with E-state index in [0.29, 0.717) is 12.1 Å². The van der Waals surface area contributed by atoms with Crippen molar-refractivity contribution in [3.05, 3.63) is 77.1 Å². The second-order valence-electron chi connectivity index (χ2n) is 11.2. The fourth-order valence-electron chi connectivity index (χ4n) is 5.60. The molecule has 6 heteroatoms. The number of hydrogen-bond donors (Lipinski definition) is 0. The first-order chi connectivity index (χ1) is 17.6. The fraction of sp³-hybridized carbons (Fsp3) is 0.516. The number of rotatable bonds is 10. The molecule has 4 rings (SSSR count). The van der Waals surface area contributed by atoms with E-state index in [1.807, 2.05) is 12.1 Å². The summed E-state index contributed by atoms with van der Waals surface area (Å²) in [4.78, 5) is 7.64. The minimum atomic E-state index is -4.34. The first kappa shape index (κ1) is 27.4. The first-order valence-electron chi connectivity index (χ1n) is 13.7. The quantitative estimate of drug-likeness (QED) is 0.271. The molecule has 1 aromatic heterocycles. The van der Waals surface area contributed by atoms with Gasteiger partial charge in [-0.1, -0.05) is 89.1 Å². The van der Waals surface area contributed by atoms with Gasteiger partial charge >= 0.3 is 6.18 Å². The third-order valence-corrected chi connectivity index (χ3v) is 7.44. The van der Waals surface area contributed by atoms with Crippen LogP contribution in [0.15, 0.2) is 54.6 Å². The van der Waals surface area contributed by atoms with Crippen LogP contribution in [0.25, 0.3) is 11.4 Å². The molecular formula is C31H40F3N3. The van der Waals surface area contributed by atoms with Gasteiger partial charge in [0.15, 0.2) is 0 Å². The van der Waals surface area contributed by atoms with E-state index in [1.165, 1.54) is 17.8 Å². The minimum absolute atomic E-state index is 0.0495. The van der Waals surface area contributed by atoms with Gasteiger partial charge in [0.25, 0.3) is 0 Å². The third-order valence-electron chi connectivity index (χ3n) is 7.44. The van der Waals surface area contributed by atoms with E-state index in [1.54, 1.807) is 0 Å². The number of aromatic nitrogens is 2. The van der Waals surface area contributed by atoms with Crippen molar-refractivity contribution in [3.63, 3.8) is 0 Å². The second kappa shape index (κ2) is 11.4. The maximum absolute atomic E-state index is 13.5. The number of benzene rings is 2. The summed E-state index contributed by atoms with van der Waals surface area (Å²) in [5, 5.41) is 0. The summed E-state index contributed by atoms with van der Waals surface area (Å²) in [6, 6.07) is 16.3. The number of alkyl halides is 3. The van der Waals surface area contributed by atoms with Crippen LogP contribution in [-0.4, -0.2) is 21.0 Å². The van der Waals surface area contributed by atoms with Crippen LogP contribution in [0.2, 0.25) is 0 Å². The lowest BCUT2D eigenvalue weighted by atomic mass is 9.75. The Morgan fingerprint density at radius 2 is 1.73 bits per heavy atom. The molecule has 1 heterocycles. The van der Waals surface area contributed by atoms with Gasteiger partial charge in [-0.15, -0.1) is 0 Å². The highest BCUT2D eigenvalue weighted by molar-refractivity contribution is 5.57. The van der Waals surface area contributed by atoms with Crippen molar-refractivity contribution in [2.24, 2.45) is 5.41 Å². The number of nitrogens with zero attached hydrogens (tertiary/aromatic N) is 3. The lowest BCUT2D eigenvalue weighted by Crippen LogP contribution is -2.38. The van der Waals surface area contributed by atoms with Gasteiger partial charge in [0, 0.05) is 18.7 Å². The largest absolute Gasteiger partial charge is 0.416 e. The van der Waals surface area contributed by atoms with Crippen LogP contribution in [0, 0.1) is 5.41 Å². The molecule has 0 spiro atoms. The summed E-state index contributed by atoms with van der Waals surface area (Å²) in [6.07, 6.45) is 1.69. The fourth-order valence-corrected chi connectivity index (χ4v) is 5.60. The molecule has 0 amide bonds. The molecular weight excluding hydrogens is 471 g/mol. The van der Waals surface area contributed by atoms with Crippen molar-refractivity contribution in [2.75, 3.05) is 6.54 Å². The van der Waals surface area contributed by atoms with Crippen LogP contribution >= 0.6 is 0 Å². The van der Waals surface area contributed by atoms with Gasteiger partial charge in [-0.2, -0.15) is 13.2 Å². The SMILES string of the molecule is CCCCN(Cc1cccc(C(F)(F)F)c1)C1CC(C)(C)Cc2nc(-c3ccccc3)n(CCCC)c21. The van der Waals surface area contributed by atoms with Crippen LogP contribution in [0.4, 0.5) is 13.2 Å². The summed E-state index contributed by atoms with van der Waals surface area (Å²) in [5.41, 5.74) is 3.69. The molecule has 0 aliphatic heterocycles. The number of hydrogen-bond acceptors (Lipinski definition) is 2. The Morgan fingerprint density at radius 3 is 2.41 bits per heavy atom.